The highest BCUT2D eigenvalue weighted by atomic mass is 32.2. The molecular formula is C11H16N6O2S. The van der Waals surface area contributed by atoms with Crippen LogP contribution in [0.25, 0.3) is 0 Å². The Morgan fingerprint density at radius 1 is 1.40 bits per heavy atom. The van der Waals surface area contributed by atoms with Crippen molar-refractivity contribution < 1.29 is 8.42 Å². The number of sulfonamides is 1. The number of rotatable bonds is 7. The minimum absolute atomic E-state index is 0.144. The molecule has 0 bridgehead atoms. The van der Waals surface area contributed by atoms with Gasteiger partial charge in [-0.25, -0.2) is 8.42 Å². The summed E-state index contributed by atoms with van der Waals surface area (Å²) in [6.07, 6.45) is 8.21. The molecule has 0 spiro atoms. The number of nitrogens with one attached hydrogen (secondary N) is 3. The van der Waals surface area contributed by atoms with Crippen LogP contribution in [0.1, 0.15) is 12.8 Å². The molecule has 0 unspecified atom stereocenters. The molecule has 0 saturated heterocycles. The van der Waals surface area contributed by atoms with Crippen LogP contribution in [0.5, 0.6) is 0 Å². The van der Waals surface area contributed by atoms with Crippen LogP contribution in [-0.4, -0.2) is 41.0 Å². The molecule has 3 N–H and O–H groups in total. The molecule has 2 aromatic rings. The number of H-pyrrole nitrogens is 1. The third-order valence-electron chi connectivity index (χ3n) is 3.02. The van der Waals surface area contributed by atoms with Crippen molar-refractivity contribution in [2.45, 2.75) is 30.3 Å². The van der Waals surface area contributed by atoms with Gasteiger partial charge < -0.3 is 5.32 Å². The second-order valence-electron chi connectivity index (χ2n) is 4.76. The molecule has 3 rings (SSSR count). The predicted molar refractivity (Wildman–Crippen MR) is 72.6 cm³/mol. The van der Waals surface area contributed by atoms with Gasteiger partial charge in [-0.3, -0.25) is 14.5 Å². The third-order valence-corrected chi connectivity index (χ3v) is 4.36. The number of aromatic amines is 1. The van der Waals surface area contributed by atoms with Gasteiger partial charge in [-0.2, -0.15) is 10.2 Å². The van der Waals surface area contributed by atoms with Crippen molar-refractivity contribution in [2.24, 2.45) is 0 Å². The molecular weight excluding hydrogens is 280 g/mol. The van der Waals surface area contributed by atoms with Gasteiger partial charge in [0.2, 0.25) is 0 Å². The summed E-state index contributed by atoms with van der Waals surface area (Å²) < 4.78 is 28.2. The first kappa shape index (κ1) is 13.1. The molecule has 20 heavy (non-hydrogen) atoms. The zero-order valence-electron chi connectivity index (χ0n) is 10.8. The Morgan fingerprint density at radius 2 is 2.25 bits per heavy atom. The van der Waals surface area contributed by atoms with E-state index in [1.165, 1.54) is 37.6 Å². The highest BCUT2D eigenvalue weighted by Crippen LogP contribution is 2.18. The van der Waals surface area contributed by atoms with E-state index in [1.54, 1.807) is 4.68 Å². The highest BCUT2D eigenvalue weighted by molar-refractivity contribution is 7.92. The summed E-state index contributed by atoms with van der Waals surface area (Å²) in [5.74, 6) is 0. The molecule has 1 saturated carbocycles. The van der Waals surface area contributed by atoms with Gasteiger partial charge in [-0.15, -0.1) is 0 Å². The normalized spacial score (nSPS) is 15.4. The molecule has 2 heterocycles. The van der Waals surface area contributed by atoms with E-state index in [0.29, 0.717) is 18.3 Å². The molecule has 8 nitrogen and oxygen atoms in total. The average Bonchev–Trinajstić information content (AvgIpc) is 2.90. The van der Waals surface area contributed by atoms with Crippen molar-refractivity contribution in [1.29, 1.82) is 0 Å². The largest absolute Gasteiger partial charge is 0.312 e. The smallest absolute Gasteiger partial charge is 0.265 e. The lowest BCUT2D eigenvalue weighted by molar-refractivity contribution is 0.552. The molecule has 108 valence electrons. The Labute approximate surface area is 116 Å². The lowest BCUT2D eigenvalue weighted by atomic mass is 10.6. The topological polar surface area (TPSA) is 105 Å². The highest BCUT2D eigenvalue weighted by Gasteiger charge is 2.20. The number of nitrogens with zero attached hydrogens (tertiary/aromatic N) is 3. The standard InChI is InChI=1S/C11H16N6O2S/c18-20(19,16-10-5-13-14-6-10)11-7-15-17(8-11)4-3-12-9-1-2-9/h5-9,12,16H,1-4H2,(H,13,14). The summed E-state index contributed by atoms with van der Waals surface area (Å²) >= 11 is 0. The van der Waals surface area contributed by atoms with Gasteiger partial charge in [0.1, 0.15) is 4.90 Å². The van der Waals surface area contributed by atoms with E-state index in [9.17, 15) is 8.42 Å². The Morgan fingerprint density at radius 3 is 2.95 bits per heavy atom. The summed E-state index contributed by atoms with van der Waals surface area (Å²) in [5, 5.41) is 13.6. The van der Waals surface area contributed by atoms with Crippen molar-refractivity contribution in [3.63, 3.8) is 0 Å². The maximum Gasteiger partial charge on any atom is 0.265 e. The van der Waals surface area contributed by atoms with Crippen LogP contribution in [0.3, 0.4) is 0 Å². The van der Waals surface area contributed by atoms with E-state index in [4.69, 9.17) is 0 Å². The van der Waals surface area contributed by atoms with Gasteiger partial charge in [-0.05, 0) is 12.8 Å². The van der Waals surface area contributed by atoms with Gasteiger partial charge >= 0.3 is 0 Å². The second kappa shape index (κ2) is 5.25. The SMILES string of the molecule is O=S(=O)(Nc1cn[nH]c1)c1cnn(CCNC2CC2)c1. The summed E-state index contributed by atoms with van der Waals surface area (Å²) in [7, 11) is -3.61. The van der Waals surface area contributed by atoms with Crippen molar-refractivity contribution >= 4 is 15.7 Å². The molecule has 0 aliphatic heterocycles. The van der Waals surface area contributed by atoms with E-state index in [1.807, 2.05) is 0 Å². The summed E-state index contributed by atoms with van der Waals surface area (Å²) in [6.45, 7) is 1.44. The van der Waals surface area contributed by atoms with E-state index >= 15 is 0 Å². The fourth-order valence-corrected chi connectivity index (χ4v) is 2.78. The average molecular weight is 296 g/mol. The number of hydrogen-bond donors (Lipinski definition) is 3. The molecule has 0 radical (unpaired) electrons. The minimum Gasteiger partial charge on any atom is -0.312 e. The quantitative estimate of drug-likeness (QED) is 0.675. The fourth-order valence-electron chi connectivity index (χ4n) is 1.80. The van der Waals surface area contributed by atoms with E-state index in [-0.39, 0.29) is 4.90 Å². The molecule has 9 heteroatoms. The van der Waals surface area contributed by atoms with Gasteiger partial charge in [-0.1, -0.05) is 0 Å². The predicted octanol–water partition coefficient (Wildman–Crippen LogP) is 0.159. The fraction of sp³-hybridized carbons (Fsp3) is 0.455. The van der Waals surface area contributed by atoms with Crippen LogP contribution < -0.4 is 10.0 Å². The maximum atomic E-state index is 12.1. The zero-order valence-corrected chi connectivity index (χ0v) is 11.6. The first-order valence-electron chi connectivity index (χ1n) is 6.41. The van der Waals surface area contributed by atoms with Crippen LogP contribution in [0.4, 0.5) is 5.69 Å². The second-order valence-corrected chi connectivity index (χ2v) is 6.44. The molecule has 2 aromatic heterocycles. The Kier molecular flexibility index (Phi) is 3.45. The van der Waals surface area contributed by atoms with Crippen molar-refractivity contribution in [1.82, 2.24) is 25.3 Å². The van der Waals surface area contributed by atoms with Crippen LogP contribution in [0.15, 0.2) is 29.7 Å². The minimum atomic E-state index is -3.61. The Balaban J connectivity index is 1.62. The summed E-state index contributed by atoms with van der Waals surface area (Å²) in [4.78, 5) is 0.144. The van der Waals surface area contributed by atoms with Gasteiger partial charge in [0.05, 0.1) is 24.6 Å². The van der Waals surface area contributed by atoms with Gasteiger partial charge in [0.15, 0.2) is 0 Å². The zero-order chi connectivity index (χ0) is 14.0. The van der Waals surface area contributed by atoms with Crippen molar-refractivity contribution in [3.8, 4) is 0 Å². The van der Waals surface area contributed by atoms with Gasteiger partial charge in [0, 0.05) is 25.0 Å². The molecule has 0 atom stereocenters. The number of anilines is 1. The lowest BCUT2D eigenvalue weighted by Gasteiger charge is -2.03. The molecule has 1 fully saturated rings. The van der Waals surface area contributed by atoms with Crippen molar-refractivity contribution in [3.05, 3.63) is 24.8 Å². The first-order valence-corrected chi connectivity index (χ1v) is 7.89. The molecule has 1 aliphatic carbocycles. The molecule has 0 amide bonds. The third kappa shape index (κ3) is 3.17. The molecule has 0 aromatic carbocycles. The lowest BCUT2D eigenvalue weighted by Crippen LogP contribution is -2.22. The van der Waals surface area contributed by atoms with Crippen LogP contribution in [-0.2, 0) is 16.6 Å². The van der Waals surface area contributed by atoms with E-state index in [2.05, 4.69) is 25.3 Å². The van der Waals surface area contributed by atoms with E-state index in [0.717, 1.165) is 6.54 Å². The monoisotopic (exact) mass is 296 g/mol. The summed E-state index contributed by atoms with van der Waals surface area (Å²) in [6, 6.07) is 0.636. The maximum absolute atomic E-state index is 12.1. The Bertz CT molecular complexity index is 659. The van der Waals surface area contributed by atoms with E-state index < -0.39 is 10.0 Å². The molecule has 1 aliphatic rings. The number of hydrogen-bond acceptors (Lipinski definition) is 5. The first-order chi connectivity index (χ1) is 9.63. The van der Waals surface area contributed by atoms with Crippen LogP contribution >= 0.6 is 0 Å². The number of aromatic nitrogens is 4. The Hall–Kier alpha value is -1.87. The summed E-state index contributed by atoms with van der Waals surface area (Å²) in [5.41, 5.74) is 0.396. The van der Waals surface area contributed by atoms with Crippen LogP contribution in [0, 0.1) is 0 Å². The van der Waals surface area contributed by atoms with Crippen molar-refractivity contribution in [2.75, 3.05) is 11.3 Å². The van der Waals surface area contributed by atoms with Crippen LogP contribution in [0.2, 0.25) is 0 Å². The van der Waals surface area contributed by atoms with Gasteiger partial charge in [0.25, 0.3) is 10.0 Å².